The zero-order valence-electron chi connectivity index (χ0n) is 18.5. The molecule has 2 N–H and O–H groups in total. The molecule has 3 aromatic carbocycles. The normalized spacial score (nSPS) is 15.3. The monoisotopic (exact) mass is 465 g/mol. The zero-order valence-corrected chi connectivity index (χ0v) is 19.3. The first-order valence-electron chi connectivity index (χ1n) is 11.0. The topological polar surface area (TPSA) is 95.6 Å². The van der Waals surface area contributed by atoms with Gasteiger partial charge in [-0.25, -0.2) is 8.42 Å². The maximum Gasteiger partial charge on any atom is 0.243 e. The number of nitrogens with zero attached hydrogens (tertiary/aromatic N) is 1. The van der Waals surface area contributed by atoms with E-state index in [0.29, 0.717) is 18.5 Å². The van der Waals surface area contributed by atoms with E-state index < -0.39 is 10.0 Å². The minimum Gasteiger partial charge on any atom is -0.359 e. The highest BCUT2D eigenvalue weighted by Gasteiger charge is 2.32. The Labute approximate surface area is 193 Å². The SMILES string of the molecule is CNC(=O)Cc1ccccc1NC(=O)C1CCN(S(=O)(=O)c2ccc3ccccc3c2)CC1. The fourth-order valence-electron chi connectivity index (χ4n) is 4.13. The van der Waals surface area contributed by atoms with Crippen LogP contribution in [0, 0.1) is 5.92 Å². The lowest BCUT2D eigenvalue weighted by molar-refractivity contribution is -0.121. The fraction of sp³-hybridized carbons (Fsp3) is 0.280. The van der Waals surface area contributed by atoms with Crippen molar-refractivity contribution in [1.29, 1.82) is 0 Å². The highest BCUT2D eigenvalue weighted by molar-refractivity contribution is 7.89. The number of nitrogens with one attached hydrogen (secondary N) is 2. The Hall–Kier alpha value is -3.23. The fourth-order valence-corrected chi connectivity index (χ4v) is 5.63. The second kappa shape index (κ2) is 9.72. The highest BCUT2D eigenvalue weighted by atomic mass is 32.2. The van der Waals surface area contributed by atoms with Crippen LogP contribution in [0.1, 0.15) is 18.4 Å². The molecule has 1 aliphatic heterocycles. The number of anilines is 1. The second-order valence-electron chi connectivity index (χ2n) is 8.18. The predicted molar refractivity (Wildman–Crippen MR) is 128 cm³/mol. The molecular formula is C25H27N3O4S. The van der Waals surface area contributed by atoms with Crippen LogP contribution in [-0.2, 0) is 26.0 Å². The van der Waals surface area contributed by atoms with Gasteiger partial charge in [-0.05, 0) is 47.4 Å². The molecule has 0 aliphatic carbocycles. The van der Waals surface area contributed by atoms with Gasteiger partial charge in [0, 0.05) is 31.7 Å². The first-order valence-corrected chi connectivity index (χ1v) is 12.4. The maximum atomic E-state index is 13.2. The van der Waals surface area contributed by atoms with E-state index in [1.54, 1.807) is 25.2 Å². The molecule has 0 bridgehead atoms. The number of rotatable bonds is 6. The van der Waals surface area contributed by atoms with Crippen molar-refractivity contribution in [3.05, 3.63) is 72.3 Å². The quantitative estimate of drug-likeness (QED) is 0.585. The highest BCUT2D eigenvalue weighted by Crippen LogP contribution is 2.27. The van der Waals surface area contributed by atoms with Crippen molar-refractivity contribution in [2.75, 3.05) is 25.5 Å². The molecule has 1 saturated heterocycles. The minimum absolute atomic E-state index is 0.135. The lowest BCUT2D eigenvalue weighted by Crippen LogP contribution is -2.41. The average Bonchev–Trinajstić information content (AvgIpc) is 2.84. The van der Waals surface area contributed by atoms with Gasteiger partial charge < -0.3 is 10.6 Å². The van der Waals surface area contributed by atoms with Crippen molar-refractivity contribution in [1.82, 2.24) is 9.62 Å². The number of piperidine rings is 1. The van der Waals surface area contributed by atoms with Gasteiger partial charge >= 0.3 is 0 Å². The van der Waals surface area contributed by atoms with Crippen LogP contribution >= 0.6 is 0 Å². The van der Waals surface area contributed by atoms with Crippen molar-refractivity contribution >= 4 is 38.3 Å². The molecule has 1 aliphatic rings. The molecule has 0 atom stereocenters. The molecule has 0 saturated carbocycles. The predicted octanol–water partition coefficient (Wildman–Crippen LogP) is 3.17. The van der Waals surface area contributed by atoms with Crippen LogP contribution in [0.25, 0.3) is 10.8 Å². The summed E-state index contributed by atoms with van der Waals surface area (Å²) in [6.45, 7) is 0.570. The van der Waals surface area contributed by atoms with Crippen LogP contribution in [-0.4, -0.2) is 44.7 Å². The molecule has 172 valence electrons. The first-order chi connectivity index (χ1) is 15.9. The van der Waals surface area contributed by atoms with Gasteiger partial charge in [0.25, 0.3) is 0 Å². The Balaban J connectivity index is 1.41. The third-order valence-corrected chi connectivity index (χ3v) is 7.98. The van der Waals surface area contributed by atoms with Crippen LogP contribution in [0.2, 0.25) is 0 Å². The molecule has 4 rings (SSSR count). The summed E-state index contributed by atoms with van der Waals surface area (Å²) in [6, 6.07) is 20.0. The Bertz CT molecular complexity index is 1280. The molecule has 0 unspecified atom stereocenters. The molecule has 1 heterocycles. The summed E-state index contributed by atoms with van der Waals surface area (Å²) in [5.41, 5.74) is 1.35. The van der Waals surface area contributed by atoms with E-state index in [9.17, 15) is 18.0 Å². The molecule has 2 amide bonds. The number of hydrogen-bond acceptors (Lipinski definition) is 4. The molecule has 1 fully saturated rings. The van der Waals surface area contributed by atoms with Crippen LogP contribution in [0.5, 0.6) is 0 Å². The Morgan fingerprint density at radius 2 is 1.61 bits per heavy atom. The molecule has 8 heteroatoms. The van der Waals surface area contributed by atoms with E-state index in [1.165, 1.54) is 4.31 Å². The summed E-state index contributed by atoms with van der Waals surface area (Å²) < 4.78 is 27.8. The van der Waals surface area contributed by atoms with Gasteiger partial charge in [-0.3, -0.25) is 9.59 Å². The van der Waals surface area contributed by atoms with Crippen molar-refractivity contribution in [2.24, 2.45) is 5.92 Å². The number of fused-ring (bicyclic) bond motifs is 1. The van der Waals surface area contributed by atoms with E-state index in [-0.39, 0.29) is 42.1 Å². The standard InChI is InChI=1S/C25H27N3O4S/c1-26-24(29)17-21-8-4-5-9-23(21)27-25(30)19-12-14-28(15-13-19)33(31,32)22-11-10-18-6-2-3-7-20(18)16-22/h2-11,16,19H,12-15,17H2,1H3,(H,26,29)(H,27,30). The summed E-state index contributed by atoms with van der Waals surface area (Å²) in [5.74, 6) is -0.577. The summed E-state index contributed by atoms with van der Waals surface area (Å²) in [5, 5.41) is 7.38. The van der Waals surface area contributed by atoms with Gasteiger partial charge in [-0.1, -0.05) is 48.5 Å². The number of likely N-dealkylation sites (N-methyl/N-ethyl adjacent to an activating group) is 1. The molecular weight excluding hydrogens is 438 g/mol. The molecule has 0 aromatic heterocycles. The lowest BCUT2D eigenvalue weighted by atomic mass is 9.97. The molecule has 3 aromatic rings. The van der Waals surface area contributed by atoms with Crippen LogP contribution < -0.4 is 10.6 Å². The Kier molecular flexibility index (Phi) is 6.76. The van der Waals surface area contributed by atoms with Gasteiger partial charge in [0.1, 0.15) is 0 Å². The summed E-state index contributed by atoms with van der Waals surface area (Å²) in [4.78, 5) is 24.9. The maximum absolute atomic E-state index is 13.2. The number of amides is 2. The zero-order chi connectivity index (χ0) is 23.4. The molecule has 0 spiro atoms. The number of hydrogen-bond donors (Lipinski definition) is 2. The molecule has 33 heavy (non-hydrogen) atoms. The summed E-state index contributed by atoms with van der Waals surface area (Å²) >= 11 is 0. The van der Waals surface area contributed by atoms with Crippen molar-refractivity contribution in [3.8, 4) is 0 Å². The van der Waals surface area contributed by atoms with Gasteiger partial charge in [-0.15, -0.1) is 0 Å². The number of carbonyl (C=O) groups is 2. The number of para-hydroxylation sites is 1. The summed E-state index contributed by atoms with van der Waals surface area (Å²) in [7, 11) is -2.05. The van der Waals surface area contributed by atoms with Gasteiger partial charge in [-0.2, -0.15) is 4.31 Å². The van der Waals surface area contributed by atoms with E-state index in [2.05, 4.69) is 10.6 Å². The Morgan fingerprint density at radius 3 is 2.33 bits per heavy atom. The van der Waals surface area contributed by atoms with Crippen molar-refractivity contribution in [3.63, 3.8) is 0 Å². The van der Waals surface area contributed by atoms with Gasteiger partial charge in [0.05, 0.1) is 11.3 Å². The van der Waals surface area contributed by atoms with E-state index >= 15 is 0 Å². The second-order valence-corrected chi connectivity index (χ2v) is 10.1. The van der Waals surface area contributed by atoms with Crippen LogP contribution in [0.15, 0.2) is 71.6 Å². The third-order valence-electron chi connectivity index (χ3n) is 6.09. The van der Waals surface area contributed by atoms with Crippen LogP contribution in [0.3, 0.4) is 0 Å². The minimum atomic E-state index is -3.63. The number of benzene rings is 3. The van der Waals surface area contributed by atoms with Gasteiger partial charge in [0.2, 0.25) is 21.8 Å². The third kappa shape index (κ3) is 5.07. The largest absolute Gasteiger partial charge is 0.359 e. The number of carbonyl (C=O) groups excluding carboxylic acids is 2. The van der Waals surface area contributed by atoms with Crippen LogP contribution in [0.4, 0.5) is 5.69 Å². The first kappa shape index (κ1) is 22.9. The van der Waals surface area contributed by atoms with Crippen molar-refractivity contribution < 1.29 is 18.0 Å². The van der Waals surface area contributed by atoms with Gasteiger partial charge in [0.15, 0.2) is 0 Å². The van der Waals surface area contributed by atoms with Crippen molar-refractivity contribution in [2.45, 2.75) is 24.2 Å². The van der Waals surface area contributed by atoms with E-state index in [1.807, 2.05) is 48.5 Å². The molecule has 0 radical (unpaired) electrons. The van der Waals surface area contributed by atoms with E-state index in [4.69, 9.17) is 0 Å². The Morgan fingerprint density at radius 1 is 0.939 bits per heavy atom. The summed E-state index contributed by atoms with van der Waals surface area (Å²) in [6.07, 6.45) is 1.06. The average molecular weight is 466 g/mol. The number of sulfonamides is 1. The van der Waals surface area contributed by atoms with E-state index in [0.717, 1.165) is 16.3 Å². The lowest BCUT2D eigenvalue weighted by Gasteiger charge is -2.30. The smallest absolute Gasteiger partial charge is 0.243 e. The molecule has 7 nitrogen and oxygen atoms in total.